The van der Waals surface area contributed by atoms with Crippen molar-refractivity contribution in [3.8, 4) is 0 Å². The molecule has 2 amide bonds. The van der Waals surface area contributed by atoms with E-state index in [1.165, 1.54) is 6.42 Å². The van der Waals surface area contributed by atoms with Gasteiger partial charge in [-0.25, -0.2) is 4.98 Å². The maximum absolute atomic E-state index is 13.1. The number of carbonyl (C=O) groups excluding carboxylic acids is 2. The Labute approximate surface area is 156 Å². The maximum atomic E-state index is 13.1. The molecule has 0 aromatic carbocycles. The van der Waals surface area contributed by atoms with Gasteiger partial charge in [-0.1, -0.05) is 20.8 Å². The van der Waals surface area contributed by atoms with Crippen LogP contribution in [-0.4, -0.2) is 45.9 Å². The number of likely N-dealkylation sites (tertiary alicyclic amines) is 1. The van der Waals surface area contributed by atoms with Gasteiger partial charge in [0.2, 0.25) is 0 Å². The summed E-state index contributed by atoms with van der Waals surface area (Å²) < 4.78 is 1.98. The average Bonchev–Trinajstić information content (AvgIpc) is 3.00. The Hall–Kier alpha value is -1.85. The fourth-order valence-corrected chi connectivity index (χ4v) is 3.96. The third-order valence-corrected chi connectivity index (χ3v) is 5.47. The second kappa shape index (κ2) is 8.23. The van der Waals surface area contributed by atoms with E-state index in [2.05, 4.69) is 31.1 Å². The van der Waals surface area contributed by atoms with E-state index in [9.17, 15) is 9.59 Å². The van der Waals surface area contributed by atoms with Crippen LogP contribution < -0.4 is 5.32 Å². The summed E-state index contributed by atoms with van der Waals surface area (Å²) in [6, 6.07) is 0. The number of nitrogens with zero attached hydrogens (tertiary/aromatic N) is 3. The fourth-order valence-electron chi connectivity index (χ4n) is 3.96. The van der Waals surface area contributed by atoms with Crippen LogP contribution >= 0.6 is 0 Å². The molecule has 1 aromatic heterocycles. The van der Waals surface area contributed by atoms with Crippen LogP contribution in [0.5, 0.6) is 0 Å². The van der Waals surface area contributed by atoms with Gasteiger partial charge in [-0.3, -0.25) is 9.59 Å². The van der Waals surface area contributed by atoms with Crippen molar-refractivity contribution >= 4 is 11.8 Å². The second-order valence-electron chi connectivity index (χ2n) is 8.28. The van der Waals surface area contributed by atoms with E-state index in [-0.39, 0.29) is 11.8 Å². The van der Waals surface area contributed by atoms with Gasteiger partial charge in [0.25, 0.3) is 11.8 Å². The van der Waals surface area contributed by atoms with E-state index in [0.717, 1.165) is 57.4 Å². The number of piperidine rings is 1. The van der Waals surface area contributed by atoms with Crippen LogP contribution in [0.3, 0.4) is 0 Å². The molecule has 1 saturated heterocycles. The SMILES string of the molecule is CC(C)CCNC(=O)c1nc(C(=O)N2CCCC(C)C2)c2n1CCCC2. The first-order valence-corrected chi connectivity index (χ1v) is 10.1. The number of hydrogen-bond acceptors (Lipinski definition) is 3. The van der Waals surface area contributed by atoms with Gasteiger partial charge >= 0.3 is 0 Å². The lowest BCUT2D eigenvalue weighted by Crippen LogP contribution is -2.39. The Bertz CT molecular complexity index is 665. The van der Waals surface area contributed by atoms with E-state index < -0.39 is 0 Å². The van der Waals surface area contributed by atoms with Crippen LogP contribution in [-0.2, 0) is 13.0 Å². The molecule has 1 fully saturated rings. The molecule has 0 saturated carbocycles. The summed E-state index contributed by atoms with van der Waals surface area (Å²) in [5.74, 6) is 1.34. The van der Waals surface area contributed by atoms with Gasteiger partial charge in [-0.05, 0) is 50.4 Å². The molecule has 6 heteroatoms. The van der Waals surface area contributed by atoms with Crippen molar-refractivity contribution < 1.29 is 9.59 Å². The molecule has 0 aliphatic carbocycles. The summed E-state index contributed by atoms with van der Waals surface area (Å²) in [6.07, 6.45) is 6.08. The fraction of sp³-hybridized carbons (Fsp3) is 0.750. The minimum atomic E-state index is -0.153. The van der Waals surface area contributed by atoms with E-state index >= 15 is 0 Å². The molecule has 3 heterocycles. The topological polar surface area (TPSA) is 67.2 Å². The lowest BCUT2D eigenvalue weighted by atomic mass is 9.99. The molecule has 1 atom stereocenters. The third-order valence-electron chi connectivity index (χ3n) is 5.47. The Morgan fingerprint density at radius 2 is 2.04 bits per heavy atom. The normalized spacial score (nSPS) is 20.2. The Kier molecular flexibility index (Phi) is 5.99. The Balaban J connectivity index is 1.81. The largest absolute Gasteiger partial charge is 0.349 e. The number of hydrogen-bond donors (Lipinski definition) is 1. The van der Waals surface area contributed by atoms with Crippen molar-refractivity contribution in [3.63, 3.8) is 0 Å². The quantitative estimate of drug-likeness (QED) is 0.878. The zero-order valence-electron chi connectivity index (χ0n) is 16.4. The smallest absolute Gasteiger partial charge is 0.287 e. The van der Waals surface area contributed by atoms with Gasteiger partial charge in [0.15, 0.2) is 5.82 Å². The summed E-state index contributed by atoms with van der Waals surface area (Å²) in [4.78, 5) is 32.2. The maximum Gasteiger partial charge on any atom is 0.287 e. The highest BCUT2D eigenvalue weighted by Crippen LogP contribution is 2.24. The van der Waals surface area contributed by atoms with Gasteiger partial charge in [0, 0.05) is 26.2 Å². The van der Waals surface area contributed by atoms with Crippen molar-refractivity contribution in [1.29, 1.82) is 0 Å². The summed E-state index contributed by atoms with van der Waals surface area (Å²) in [6.45, 7) is 9.48. The number of fused-ring (bicyclic) bond motifs is 1. The molecule has 1 N–H and O–H groups in total. The molecule has 144 valence electrons. The molecule has 0 spiro atoms. The number of rotatable bonds is 5. The number of carbonyl (C=O) groups is 2. The van der Waals surface area contributed by atoms with E-state index in [1.807, 2.05) is 9.47 Å². The molecule has 1 aromatic rings. The molecule has 0 bridgehead atoms. The lowest BCUT2D eigenvalue weighted by Gasteiger charge is -2.30. The Morgan fingerprint density at radius 1 is 1.23 bits per heavy atom. The summed E-state index contributed by atoms with van der Waals surface area (Å²) in [5, 5.41) is 2.97. The molecule has 2 aliphatic heterocycles. The highest BCUT2D eigenvalue weighted by molar-refractivity contribution is 5.97. The van der Waals surface area contributed by atoms with Crippen molar-refractivity contribution in [2.24, 2.45) is 11.8 Å². The minimum absolute atomic E-state index is 0.00318. The van der Waals surface area contributed by atoms with E-state index in [1.54, 1.807) is 0 Å². The van der Waals surface area contributed by atoms with Crippen molar-refractivity contribution in [2.75, 3.05) is 19.6 Å². The number of amides is 2. The van der Waals surface area contributed by atoms with Gasteiger partial charge in [-0.15, -0.1) is 0 Å². The zero-order valence-corrected chi connectivity index (χ0v) is 16.4. The van der Waals surface area contributed by atoms with Crippen LogP contribution in [0.15, 0.2) is 0 Å². The number of aromatic nitrogens is 2. The number of nitrogens with one attached hydrogen (secondary N) is 1. The standard InChI is InChI=1S/C20H32N4O2/c1-14(2)9-10-21-19(25)18-22-17(16-8-4-5-12-24(16)18)20(26)23-11-6-7-15(3)13-23/h14-15H,4-13H2,1-3H3,(H,21,25). The second-order valence-corrected chi connectivity index (χ2v) is 8.28. The first-order valence-electron chi connectivity index (χ1n) is 10.1. The molecule has 0 radical (unpaired) electrons. The molecular weight excluding hydrogens is 328 g/mol. The third kappa shape index (κ3) is 4.10. The number of imidazole rings is 1. The summed E-state index contributed by atoms with van der Waals surface area (Å²) in [7, 11) is 0. The van der Waals surface area contributed by atoms with Gasteiger partial charge in [0.1, 0.15) is 5.69 Å². The highest BCUT2D eigenvalue weighted by Gasteiger charge is 2.31. The van der Waals surface area contributed by atoms with Gasteiger partial charge in [0.05, 0.1) is 5.69 Å². The van der Waals surface area contributed by atoms with Crippen molar-refractivity contribution in [2.45, 2.75) is 65.8 Å². The predicted octanol–water partition coefficient (Wildman–Crippen LogP) is 2.87. The Morgan fingerprint density at radius 3 is 2.77 bits per heavy atom. The van der Waals surface area contributed by atoms with Crippen LogP contribution in [0, 0.1) is 11.8 Å². The van der Waals surface area contributed by atoms with Crippen molar-refractivity contribution in [3.05, 3.63) is 17.2 Å². The molecule has 26 heavy (non-hydrogen) atoms. The minimum Gasteiger partial charge on any atom is -0.349 e. The van der Waals surface area contributed by atoms with Gasteiger partial charge < -0.3 is 14.8 Å². The first kappa shape index (κ1) is 18.9. The lowest BCUT2D eigenvalue weighted by molar-refractivity contribution is 0.0676. The predicted molar refractivity (Wildman–Crippen MR) is 101 cm³/mol. The monoisotopic (exact) mass is 360 g/mol. The average molecular weight is 361 g/mol. The van der Waals surface area contributed by atoms with E-state index in [4.69, 9.17) is 0 Å². The van der Waals surface area contributed by atoms with E-state index in [0.29, 0.717) is 29.9 Å². The van der Waals surface area contributed by atoms with Gasteiger partial charge in [-0.2, -0.15) is 0 Å². The van der Waals surface area contributed by atoms with Crippen LogP contribution in [0.2, 0.25) is 0 Å². The molecule has 1 unspecified atom stereocenters. The van der Waals surface area contributed by atoms with Crippen LogP contribution in [0.4, 0.5) is 0 Å². The molecular formula is C20H32N4O2. The summed E-state index contributed by atoms with van der Waals surface area (Å²) in [5.41, 5.74) is 1.46. The van der Waals surface area contributed by atoms with Crippen molar-refractivity contribution in [1.82, 2.24) is 19.8 Å². The van der Waals surface area contributed by atoms with Crippen LogP contribution in [0.1, 0.15) is 79.7 Å². The summed E-state index contributed by atoms with van der Waals surface area (Å²) >= 11 is 0. The zero-order chi connectivity index (χ0) is 18.7. The molecule has 2 aliphatic rings. The van der Waals surface area contributed by atoms with Crippen LogP contribution in [0.25, 0.3) is 0 Å². The first-order chi connectivity index (χ1) is 12.5. The highest BCUT2D eigenvalue weighted by atomic mass is 16.2. The molecule has 3 rings (SSSR count). The molecule has 6 nitrogen and oxygen atoms in total.